The van der Waals surface area contributed by atoms with Crippen molar-refractivity contribution in [1.82, 2.24) is 9.38 Å². The molecule has 0 aliphatic heterocycles. The van der Waals surface area contributed by atoms with Gasteiger partial charge in [-0.3, -0.25) is 4.79 Å². The summed E-state index contributed by atoms with van der Waals surface area (Å²) in [6.45, 7) is 3.98. The van der Waals surface area contributed by atoms with E-state index in [1.54, 1.807) is 0 Å². The minimum absolute atomic E-state index is 0.139. The van der Waals surface area contributed by atoms with E-state index in [2.05, 4.69) is 10.3 Å². The van der Waals surface area contributed by atoms with Gasteiger partial charge in [0.15, 0.2) is 5.65 Å². The molecule has 0 radical (unpaired) electrons. The Morgan fingerprint density at radius 3 is 2.70 bits per heavy atom. The van der Waals surface area contributed by atoms with Gasteiger partial charge in [0.1, 0.15) is 0 Å². The number of amides is 1. The van der Waals surface area contributed by atoms with E-state index in [-0.39, 0.29) is 5.91 Å². The van der Waals surface area contributed by atoms with Crippen molar-refractivity contribution >= 4 is 22.9 Å². The van der Waals surface area contributed by atoms with Gasteiger partial charge in [-0.15, -0.1) is 0 Å². The second-order valence-corrected chi connectivity index (χ2v) is 5.80. The van der Waals surface area contributed by atoms with E-state index in [1.165, 1.54) is 0 Å². The molecule has 0 fully saturated rings. The van der Waals surface area contributed by atoms with Gasteiger partial charge in [-0.25, -0.2) is 4.98 Å². The lowest BCUT2D eigenvalue weighted by Crippen LogP contribution is -2.14. The number of carbonyl (C=O) groups is 1. The van der Waals surface area contributed by atoms with Crippen LogP contribution in [0.3, 0.4) is 0 Å². The van der Waals surface area contributed by atoms with Crippen molar-refractivity contribution in [3.05, 3.63) is 59.5 Å². The van der Waals surface area contributed by atoms with Gasteiger partial charge in [0, 0.05) is 37.2 Å². The Hall–Kier alpha value is -2.82. The van der Waals surface area contributed by atoms with Crippen molar-refractivity contribution in [3.63, 3.8) is 0 Å². The molecular formula is C18H20N4O. The summed E-state index contributed by atoms with van der Waals surface area (Å²) in [7, 11) is 3.90. The van der Waals surface area contributed by atoms with E-state index in [0.29, 0.717) is 11.3 Å². The van der Waals surface area contributed by atoms with E-state index in [9.17, 15) is 4.79 Å². The average Bonchev–Trinajstić information content (AvgIpc) is 2.84. The van der Waals surface area contributed by atoms with Crippen LogP contribution < -0.4 is 10.2 Å². The van der Waals surface area contributed by atoms with Gasteiger partial charge >= 0.3 is 0 Å². The fourth-order valence-corrected chi connectivity index (χ4v) is 2.52. The number of fused-ring (bicyclic) bond motifs is 1. The molecule has 5 nitrogen and oxygen atoms in total. The van der Waals surface area contributed by atoms with Gasteiger partial charge in [0.2, 0.25) is 0 Å². The van der Waals surface area contributed by atoms with Crippen molar-refractivity contribution in [1.29, 1.82) is 0 Å². The van der Waals surface area contributed by atoms with Crippen LogP contribution >= 0.6 is 0 Å². The SMILES string of the molecule is Cc1nc2c(NC(=O)c3cccc(N(C)C)c3)cccn2c1C. The predicted molar refractivity (Wildman–Crippen MR) is 93.4 cm³/mol. The van der Waals surface area contributed by atoms with Gasteiger partial charge in [0.25, 0.3) is 5.91 Å². The number of aromatic nitrogens is 2. The molecule has 2 heterocycles. The van der Waals surface area contributed by atoms with Gasteiger partial charge < -0.3 is 14.6 Å². The molecule has 0 unspecified atom stereocenters. The Labute approximate surface area is 135 Å². The molecule has 3 rings (SSSR count). The van der Waals surface area contributed by atoms with E-state index in [0.717, 1.165) is 22.7 Å². The maximum Gasteiger partial charge on any atom is 0.255 e. The van der Waals surface area contributed by atoms with Crippen molar-refractivity contribution in [2.75, 3.05) is 24.3 Å². The molecule has 0 atom stereocenters. The van der Waals surface area contributed by atoms with Crippen LogP contribution in [-0.2, 0) is 0 Å². The third-order valence-electron chi connectivity index (χ3n) is 4.00. The average molecular weight is 308 g/mol. The lowest BCUT2D eigenvalue weighted by molar-refractivity contribution is 0.102. The molecule has 3 aromatic rings. The maximum atomic E-state index is 12.6. The van der Waals surface area contributed by atoms with E-state index >= 15 is 0 Å². The predicted octanol–water partition coefficient (Wildman–Crippen LogP) is 3.27. The Balaban J connectivity index is 1.94. The summed E-state index contributed by atoms with van der Waals surface area (Å²) < 4.78 is 1.99. The highest BCUT2D eigenvalue weighted by Crippen LogP contribution is 2.21. The Morgan fingerprint density at radius 1 is 1.17 bits per heavy atom. The second kappa shape index (κ2) is 5.76. The van der Waals surface area contributed by atoms with Gasteiger partial charge in [-0.2, -0.15) is 0 Å². The summed E-state index contributed by atoms with van der Waals surface area (Å²) in [4.78, 5) is 19.1. The summed E-state index contributed by atoms with van der Waals surface area (Å²) in [5, 5.41) is 2.97. The van der Waals surface area contributed by atoms with Crippen molar-refractivity contribution in [2.45, 2.75) is 13.8 Å². The summed E-state index contributed by atoms with van der Waals surface area (Å²) in [5.41, 5.74) is 5.12. The standard InChI is InChI=1S/C18H20N4O/c1-12-13(2)22-10-6-9-16(17(22)19-12)20-18(23)14-7-5-8-15(11-14)21(3)4/h5-11H,1-4H3,(H,20,23). The molecule has 1 aromatic carbocycles. The molecule has 0 saturated carbocycles. The van der Waals surface area contributed by atoms with E-state index in [4.69, 9.17) is 0 Å². The highest BCUT2D eigenvalue weighted by Gasteiger charge is 2.12. The van der Waals surface area contributed by atoms with Crippen LogP contribution in [0.15, 0.2) is 42.6 Å². The second-order valence-electron chi connectivity index (χ2n) is 5.80. The molecule has 2 aromatic heterocycles. The van der Waals surface area contributed by atoms with Gasteiger partial charge in [0.05, 0.1) is 11.4 Å². The molecule has 5 heteroatoms. The number of benzene rings is 1. The van der Waals surface area contributed by atoms with E-state index < -0.39 is 0 Å². The first-order chi connectivity index (χ1) is 11.0. The third kappa shape index (κ3) is 2.77. The lowest BCUT2D eigenvalue weighted by atomic mass is 10.1. The van der Waals surface area contributed by atoms with Crippen LogP contribution in [0.4, 0.5) is 11.4 Å². The number of carbonyl (C=O) groups excluding carboxylic acids is 1. The summed E-state index contributed by atoms with van der Waals surface area (Å²) >= 11 is 0. The number of imidazole rings is 1. The quantitative estimate of drug-likeness (QED) is 0.808. The summed E-state index contributed by atoms with van der Waals surface area (Å²) in [6, 6.07) is 11.3. The van der Waals surface area contributed by atoms with Crippen LogP contribution in [0.25, 0.3) is 5.65 Å². The smallest absolute Gasteiger partial charge is 0.255 e. The number of pyridine rings is 1. The molecule has 0 aliphatic carbocycles. The molecule has 0 aliphatic rings. The van der Waals surface area contributed by atoms with Crippen LogP contribution in [0.5, 0.6) is 0 Å². The largest absolute Gasteiger partial charge is 0.378 e. The summed E-state index contributed by atoms with van der Waals surface area (Å²) in [6.07, 6.45) is 1.95. The van der Waals surface area contributed by atoms with Crippen LogP contribution in [0, 0.1) is 13.8 Å². The number of nitrogens with one attached hydrogen (secondary N) is 1. The number of aryl methyl sites for hydroxylation is 2. The molecule has 0 spiro atoms. The number of anilines is 2. The van der Waals surface area contributed by atoms with Crippen LogP contribution in [0.1, 0.15) is 21.7 Å². The highest BCUT2D eigenvalue weighted by atomic mass is 16.1. The fourth-order valence-electron chi connectivity index (χ4n) is 2.52. The first kappa shape index (κ1) is 15.1. The fraction of sp³-hybridized carbons (Fsp3) is 0.222. The maximum absolute atomic E-state index is 12.6. The minimum Gasteiger partial charge on any atom is -0.378 e. The topological polar surface area (TPSA) is 49.6 Å². The number of rotatable bonds is 3. The first-order valence-corrected chi connectivity index (χ1v) is 7.50. The Kier molecular flexibility index (Phi) is 3.78. The van der Waals surface area contributed by atoms with Crippen molar-refractivity contribution in [2.24, 2.45) is 0 Å². The third-order valence-corrected chi connectivity index (χ3v) is 4.00. The molecule has 1 N–H and O–H groups in total. The van der Waals surface area contributed by atoms with Crippen LogP contribution in [0.2, 0.25) is 0 Å². The molecular weight excluding hydrogens is 288 g/mol. The van der Waals surface area contributed by atoms with Crippen molar-refractivity contribution < 1.29 is 4.79 Å². The first-order valence-electron chi connectivity index (χ1n) is 7.50. The molecule has 1 amide bonds. The normalized spacial score (nSPS) is 10.8. The number of hydrogen-bond acceptors (Lipinski definition) is 3. The lowest BCUT2D eigenvalue weighted by Gasteiger charge is -2.13. The Bertz CT molecular complexity index is 880. The molecule has 0 saturated heterocycles. The molecule has 0 bridgehead atoms. The number of hydrogen-bond donors (Lipinski definition) is 1. The Morgan fingerprint density at radius 2 is 1.96 bits per heavy atom. The highest BCUT2D eigenvalue weighted by molar-refractivity contribution is 6.06. The monoisotopic (exact) mass is 308 g/mol. The zero-order chi connectivity index (χ0) is 16.6. The van der Waals surface area contributed by atoms with Gasteiger partial charge in [-0.1, -0.05) is 6.07 Å². The van der Waals surface area contributed by atoms with Crippen molar-refractivity contribution in [3.8, 4) is 0 Å². The van der Waals surface area contributed by atoms with Crippen LogP contribution in [-0.4, -0.2) is 29.4 Å². The molecule has 118 valence electrons. The zero-order valence-electron chi connectivity index (χ0n) is 13.8. The minimum atomic E-state index is -0.139. The number of nitrogens with zero attached hydrogens (tertiary/aromatic N) is 3. The molecule has 23 heavy (non-hydrogen) atoms. The van der Waals surface area contributed by atoms with Gasteiger partial charge in [-0.05, 0) is 44.2 Å². The zero-order valence-corrected chi connectivity index (χ0v) is 13.8. The van der Waals surface area contributed by atoms with E-state index in [1.807, 2.05) is 79.8 Å². The summed E-state index contributed by atoms with van der Waals surface area (Å²) in [5.74, 6) is -0.139.